The van der Waals surface area contributed by atoms with Gasteiger partial charge in [0.25, 0.3) is 11.1 Å². The van der Waals surface area contributed by atoms with Crippen molar-refractivity contribution in [3.63, 3.8) is 0 Å². The minimum absolute atomic E-state index is 0.00650. The van der Waals surface area contributed by atoms with Crippen LogP contribution in [0.5, 0.6) is 11.5 Å². The van der Waals surface area contributed by atoms with E-state index in [1.807, 2.05) is 13.8 Å². The average molecular weight is 547 g/mol. The third-order valence-electron chi connectivity index (χ3n) is 5.31. The quantitative estimate of drug-likeness (QED) is 0.312. The van der Waals surface area contributed by atoms with Crippen molar-refractivity contribution in [2.24, 2.45) is 0 Å². The van der Waals surface area contributed by atoms with Crippen LogP contribution in [-0.2, 0) is 14.3 Å². The molecule has 0 radical (unpaired) electrons. The van der Waals surface area contributed by atoms with Gasteiger partial charge in [-0.2, -0.15) is 0 Å². The Balaban J connectivity index is 1.70. The van der Waals surface area contributed by atoms with Gasteiger partial charge < -0.3 is 19.5 Å². The van der Waals surface area contributed by atoms with Gasteiger partial charge in [-0.15, -0.1) is 0 Å². The molecule has 11 heteroatoms. The molecule has 196 valence electrons. The zero-order valence-electron chi connectivity index (χ0n) is 20.8. The second kappa shape index (κ2) is 12.6. The molecule has 0 unspecified atom stereocenters. The normalized spacial score (nSPS) is 15.1. The fourth-order valence-electron chi connectivity index (χ4n) is 3.27. The zero-order chi connectivity index (χ0) is 27.1. The summed E-state index contributed by atoms with van der Waals surface area (Å²) in [5, 5.41) is 2.17. The summed E-state index contributed by atoms with van der Waals surface area (Å²) in [6, 6.07) is 9.51. The maximum absolute atomic E-state index is 12.9. The van der Waals surface area contributed by atoms with Crippen molar-refractivity contribution in [2.45, 2.75) is 33.3 Å². The van der Waals surface area contributed by atoms with Crippen molar-refractivity contribution >= 4 is 58.1 Å². The summed E-state index contributed by atoms with van der Waals surface area (Å²) in [4.78, 5) is 51.0. The van der Waals surface area contributed by atoms with Crippen LogP contribution in [0, 0.1) is 0 Å². The van der Waals surface area contributed by atoms with Crippen molar-refractivity contribution < 1.29 is 33.4 Å². The molecule has 1 N–H and O–H groups in total. The second-order valence-corrected chi connectivity index (χ2v) is 9.38. The Morgan fingerprint density at radius 1 is 1.14 bits per heavy atom. The van der Waals surface area contributed by atoms with Crippen LogP contribution in [0.2, 0.25) is 5.02 Å². The number of methoxy groups -OCH3 is 1. The largest absolute Gasteiger partial charge is 0.493 e. The van der Waals surface area contributed by atoms with Crippen LogP contribution in [0.25, 0.3) is 6.08 Å². The van der Waals surface area contributed by atoms with E-state index in [0.717, 1.165) is 23.1 Å². The molecule has 0 spiro atoms. The highest BCUT2D eigenvalue weighted by Gasteiger charge is 2.36. The van der Waals surface area contributed by atoms with Crippen LogP contribution in [0.3, 0.4) is 0 Å². The zero-order valence-corrected chi connectivity index (χ0v) is 22.4. The van der Waals surface area contributed by atoms with Crippen molar-refractivity contribution in [1.29, 1.82) is 0 Å². The molecular formula is C26H27ClN2O7S. The van der Waals surface area contributed by atoms with Gasteiger partial charge in [-0.1, -0.05) is 24.6 Å². The van der Waals surface area contributed by atoms with E-state index in [1.54, 1.807) is 31.2 Å². The lowest BCUT2D eigenvalue weighted by Crippen LogP contribution is -2.36. The number of hydrogen-bond acceptors (Lipinski definition) is 8. The van der Waals surface area contributed by atoms with Crippen molar-refractivity contribution in [3.05, 3.63) is 57.5 Å². The van der Waals surface area contributed by atoms with E-state index in [2.05, 4.69) is 5.32 Å². The van der Waals surface area contributed by atoms with Crippen LogP contribution in [0.15, 0.2) is 41.3 Å². The number of amides is 3. The van der Waals surface area contributed by atoms with E-state index in [-0.39, 0.29) is 33.9 Å². The monoisotopic (exact) mass is 546 g/mol. The topological polar surface area (TPSA) is 111 Å². The number of rotatable bonds is 10. The predicted molar refractivity (Wildman–Crippen MR) is 142 cm³/mol. The molecule has 2 aromatic rings. The summed E-state index contributed by atoms with van der Waals surface area (Å²) in [6.07, 6.45) is 2.39. The van der Waals surface area contributed by atoms with Crippen molar-refractivity contribution in [2.75, 3.05) is 25.6 Å². The number of esters is 1. The van der Waals surface area contributed by atoms with Gasteiger partial charge in [-0.25, -0.2) is 4.79 Å². The molecule has 1 heterocycles. The van der Waals surface area contributed by atoms with E-state index < -0.39 is 29.6 Å². The lowest BCUT2D eigenvalue weighted by atomic mass is 10.1. The molecule has 0 saturated carbocycles. The summed E-state index contributed by atoms with van der Waals surface area (Å²) >= 11 is 6.78. The summed E-state index contributed by atoms with van der Waals surface area (Å²) in [6.45, 7) is 5.30. The summed E-state index contributed by atoms with van der Waals surface area (Å²) in [5.41, 5.74) is 0.995. The summed E-state index contributed by atoms with van der Waals surface area (Å²) in [5.74, 6) is -0.762. The lowest BCUT2D eigenvalue weighted by molar-refractivity contribution is -0.127. The van der Waals surface area contributed by atoms with Gasteiger partial charge in [0.05, 0.1) is 35.3 Å². The lowest BCUT2D eigenvalue weighted by Gasteiger charge is -2.15. The molecule has 1 atom stereocenters. The third kappa shape index (κ3) is 7.05. The molecule has 1 aliphatic heterocycles. The Labute approximate surface area is 224 Å². The first kappa shape index (κ1) is 28.1. The molecule has 0 bridgehead atoms. The molecule has 3 rings (SSSR count). The van der Waals surface area contributed by atoms with E-state index >= 15 is 0 Å². The summed E-state index contributed by atoms with van der Waals surface area (Å²) < 4.78 is 16.2. The molecular weight excluding hydrogens is 520 g/mol. The van der Waals surface area contributed by atoms with Gasteiger partial charge in [-0.05, 0) is 74.0 Å². The minimum atomic E-state index is -0.629. The van der Waals surface area contributed by atoms with E-state index in [1.165, 1.54) is 25.3 Å². The van der Waals surface area contributed by atoms with Crippen LogP contribution in [0.4, 0.5) is 10.5 Å². The van der Waals surface area contributed by atoms with Gasteiger partial charge in [0.15, 0.2) is 11.5 Å². The first-order chi connectivity index (χ1) is 17.7. The number of nitrogens with zero attached hydrogens (tertiary/aromatic N) is 1. The smallest absolute Gasteiger partial charge is 0.339 e. The Kier molecular flexibility index (Phi) is 9.60. The highest BCUT2D eigenvalue weighted by molar-refractivity contribution is 8.18. The Hall–Kier alpha value is -3.50. The molecule has 1 saturated heterocycles. The first-order valence-corrected chi connectivity index (χ1v) is 12.7. The number of ether oxygens (including phenoxy) is 3. The Morgan fingerprint density at radius 3 is 2.57 bits per heavy atom. The van der Waals surface area contributed by atoms with Crippen molar-refractivity contribution in [3.8, 4) is 11.5 Å². The van der Waals surface area contributed by atoms with Crippen molar-refractivity contribution in [1.82, 2.24) is 4.90 Å². The van der Waals surface area contributed by atoms with Crippen LogP contribution in [-0.4, -0.2) is 54.3 Å². The number of carbonyl (C=O) groups is 4. The molecule has 0 aromatic heterocycles. The van der Waals surface area contributed by atoms with E-state index in [9.17, 15) is 19.2 Å². The number of imide groups is 1. The molecule has 9 nitrogen and oxygen atoms in total. The van der Waals surface area contributed by atoms with Crippen LogP contribution < -0.4 is 14.8 Å². The second-order valence-electron chi connectivity index (χ2n) is 7.98. The van der Waals surface area contributed by atoms with Gasteiger partial charge >= 0.3 is 5.97 Å². The molecule has 1 fully saturated rings. The maximum Gasteiger partial charge on any atom is 0.339 e. The fraction of sp³-hybridized carbons (Fsp3) is 0.308. The van der Waals surface area contributed by atoms with Gasteiger partial charge in [-0.3, -0.25) is 19.3 Å². The van der Waals surface area contributed by atoms with E-state index in [0.29, 0.717) is 17.1 Å². The van der Waals surface area contributed by atoms with Gasteiger partial charge in [0.1, 0.15) is 6.54 Å². The van der Waals surface area contributed by atoms with Gasteiger partial charge in [0.2, 0.25) is 5.91 Å². The highest BCUT2D eigenvalue weighted by atomic mass is 35.5. The number of carbonyl (C=O) groups excluding carboxylic acids is 4. The summed E-state index contributed by atoms with van der Waals surface area (Å²) in [7, 11) is 1.52. The Morgan fingerprint density at radius 2 is 1.89 bits per heavy atom. The molecule has 37 heavy (non-hydrogen) atoms. The van der Waals surface area contributed by atoms with E-state index in [4.69, 9.17) is 25.8 Å². The first-order valence-electron chi connectivity index (χ1n) is 11.5. The number of halogens is 1. The Bertz CT molecular complexity index is 1250. The third-order valence-corrected chi connectivity index (χ3v) is 6.55. The highest BCUT2D eigenvalue weighted by Crippen LogP contribution is 2.35. The fourth-order valence-corrected chi connectivity index (χ4v) is 4.30. The molecule has 0 aliphatic carbocycles. The number of hydrogen-bond donors (Lipinski definition) is 1. The van der Waals surface area contributed by atoms with Crippen LogP contribution >= 0.6 is 23.4 Å². The SMILES string of the molecule is CCOC(=O)c1cc(NC(=O)CN2C(=O)S/C(=C\c3ccc(O[C@@H](C)CC)c(OC)c3)C2=O)ccc1Cl. The molecule has 1 aliphatic rings. The molecule has 2 aromatic carbocycles. The maximum atomic E-state index is 12.9. The minimum Gasteiger partial charge on any atom is -0.493 e. The molecule has 3 amide bonds. The number of anilines is 1. The van der Waals surface area contributed by atoms with Crippen LogP contribution in [0.1, 0.15) is 43.1 Å². The predicted octanol–water partition coefficient (Wildman–Crippen LogP) is 5.38. The number of thioether (sulfide) groups is 1. The van der Waals surface area contributed by atoms with Gasteiger partial charge in [0, 0.05) is 5.69 Å². The number of nitrogens with one attached hydrogen (secondary N) is 1. The number of benzene rings is 2. The standard InChI is InChI=1S/C26H27ClN2O7S/c1-5-15(3)36-20-10-7-16(11-21(20)34-4)12-22-24(31)29(26(33)37-22)14-23(30)28-17-8-9-19(27)18(13-17)25(32)35-6-2/h7-13,15H,5-6,14H2,1-4H3,(H,28,30)/b22-12-/t15-/m0/s1. The average Bonchev–Trinajstić information content (AvgIpc) is 3.13.